The molecule has 0 aromatic carbocycles. The third-order valence-corrected chi connectivity index (χ3v) is 4.27. The van der Waals surface area contributed by atoms with E-state index in [1.54, 1.807) is 0 Å². The van der Waals surface area contributed by atoms with Gasteiger partial charge in [-0.1, -0.05) is 13.8 Å². The second kappa shape index (κ2) is 5.03. The van der Waals surface area contributed by atoms with Crippen LogP contribution in [0.1, 0.15) is 33.1 Å². The molecule has 16 heavy (non-hydrogen) atoms. The van der Waals surface area contributed by atoms with Crippen LogP contribution in [-0.4, -0.2) is 43.8 Å². The maximum absolute atomic E-state index is 6.15. The lowest BCUT2D eigenvalue weighted by atomic mass is 9.79. The number of hydrogen-bond acceptors (Lipinski definition) is 3. The molecule has 2 aliphatic rings. The van der Waals surface area contributed by atoms with Gasteiger partial charge in [-0.25, -0.2) is 0 Å². The van der Waals surface area contributed by atoms with Crippen molar-refractivity contribution in [1.29, 1.82) is 0 Å². The molecule has 2 N–H and O–H groups in total. The first-order valence-corrected chi connectivity index (χ1v) is 6.63. The Morgan fingerprint density at radius 2 is 2.19 bits per heavy atom. The monoisotopic (exact) mass is 226 g/mol. The van der Waals surface area contributed by atoms with Crippen LogP contribution < -0.4 is 5.73 Å². The molecule has 0 saturated carbocycles. The van der Waals surface area contributed by atoms with Crippen LogP contribution >= 0.6 is 0 Å². The summed E-state index contributed by atoms with van der Waals surface area (Å²) in [5, 5.41) is 0. The third kappa shape index (κ3) is 2.96. The normalized spacial score (nSPS) is 35.4. The summed E-state index contributed by atoms with van der Waals surface area (Å²) >= 11 is 0. The average Bonchev–Trinajstić information content (AvgIpc) is 2.72. The minimum absolute atomic E-state index is 0.282. The number of ether oxygens (including phenoxy) is 1. The van der Waals surface area contributed by atoms with Gasteiger partial charge in [0.25, 0.3) is 0 Å². The van der Waals surface area contributed by atoms with E-state index in [9.17, 15) is 0 Å². The molecule has 0 aromatic heterocycles. The zero-order valence-electron chi connectivity index (χ0n) is 10.7. The van der Waals surface area contributed by atoms with Gasteiger partial charge >= 0.3 is 0 Å². The summed E-state index contributed by atoms with van der Waals surface area (Å²) in [6.45, 7) is 10.1. The summed E-state index contributed by atoms with van der Waals surface area (Å²) in [6, 6.07) is 0.374. The molecule has 2 atom stereocenters. The molecule has 0 bridgehead atoms. The van der Waals surface area contributed by atoms with Gasteiger partial charge in [0.2, 0.25) is 0 Å². The summed E-state index contributed by atoms with van der Waals surface area (Å²) in [4.78, 5) is 2.58. The number of rotatable bonds is 3. The third-order valence-electron chi connectivity index (χ3n) is 4.27. The first-order chi connectivity index (χ1) is 7.58. The zero-order valence-corrected chi connectivity index (χ0v) is 10.7. The predicted octanol–water partition coefficient (Wildman–Crippen LogP) is 1.47. The minimum atomic E-state index is 0.282. The lowest BCUT2D eigenvalue weighted by Gasteiger charge is -2.42. The van der Waals surface area contributed by atoms with Gasteiger partial charge in [0.1, 0.15) is 0 Å². The second-order valence-corrected chi connectivity index (χ2v) is 6.18. The Kier molecular flexibility index (Phi) is 3.88. The molecule has 2 rings (SSSR count). The molecule has 2 fully saturated rings. The topological polar surface area (TPSA) is 38.5 Å². The maximum Gasteiger partial charge on any atom is 0.0495 e. The number of nitrogens with two attached hydrogens (primary N) is 1. The maximum atomic E-state index is 6.15. The standard InChI is InChI=1S/C13H26N2O/c1-13(2)10-15(7-4-12(13)14)6-3-11-5-8-16-9-11/h11-12H,3-10,14H2,1-2H3. The molecule has 2 unspecified atom stereocenters. The fourth-order valence-electron chi connectivity index (χ4n) is 2.85. The zero-order chi connectivity index (χ0) is 11.6. The molecule has 0 aliphatic carbocycles. The van der Waals surface area contributed by atoms with Crippen molar-refractivity contribution in [2.45, 2.75) is 39.2 Å². The van der Waals surface area contributed by atoms with E-state index in [0.29, 0.717) is 6.04 Å². The van der Waals surface area contributed by atoms with Gasteiger partial charge < -0.3 is 15.4 Å². The lowest BCUT2D eigenvalue weighted by Crippen LogP contribution is -2.52. The van der Waals surface area contributed by atoms with Gasteiger partial charge in [-0.2, -0.15) is 0 Å². The van der Waals surface area contributed by atoms with E-state index in [2.05, 4.69) is 18.7 Å². The molecule has 3 nitrogen and oxygen atoms in total. The molecular weight excluding hydrogens is 200 g/mol. The highest BCUT2D eigenvalue weighted by molar-refractivity contribution is 4.89. The molecule has 3 heteroatoms. The van der Waals surface area contributed by atoms with Crippen LogP contribution in [0, 0.1) is 11.3 Å². The molecule has 0 spiro atoms. The summed E-state index contributed by atoms with van der Waals surface area (Å²) in [5.41, 5.74) is 6.43. The van der Waals surface area contributed by atoms with Crippen molar-refractivity contribution < 1.29 is 4.74 Å². The molecule has 0 aromatic rings. The number of piperidine rings is 1. The summed E-state index contributed by atoms with van der Waals surface area (Å²) < 4.78 is 5.42. The van der Waals surface area contributed by atoms with Crippen LogP contribution in [0.5, 0.6) is 0 Å². The van der Waals surface area contributed by atoms with E-state index >= 15 is 0 Å². The summed E-state index contributed by atoms with van der Waals surface area (Å²) in [5.74, 6) is 0.804. The molecule has 94 valence electrons. The Hall–Kier alpha value is -0.120. The van der Waals surface area contributed by atoms with Crippen molar-refractivity contribution in [2.75, 3.05) is 32.8 Å². The van der Waals surface area contributed by atoms with Crippen LogP contribution in [0.3, 0.4) is 0 Å². The first kappa shape index (κ1) is 12.3. The molecule has 2 saturated heterocycles. The Morgan fingerprint density at radius 1 is 1.38 bits per heavy atom. The lowest BCUT2D eigenvalue weighted by molar-refractivity contribution is 0.0891. The fraction of sp³-hybridized carbons (Fsp3) is 1.00. The highest BCUT2D eigenvalue weighted by Crippen LogP contribution is 2.28. The SMILES string of the molecule is CC1(C)CN(CCC2CCOC2)CCC1N. The smallest absolute Gasteiger partial charge is 0.0495 e. The van der Waals surface area contributed by atoms with E-state index in [1.807, 2.05) is 0 Å². The largest absolute Gasteiger partial charge is 0.381 e. The van der Waals surface area contributed by atoms with E-state index in [4.69, 9.17) is 10.5 Å². The van der Waals surface area contributed by atoms with Crippen molar-refractivity contribution in [2.24, 2.45) is 17.1 Å². The van der Waals surface area contributed by atoms with Crippen LogP contribution in [0.15, 0.2) is 0 Å². The van der Waals surface area contributed by atoms with Crippen molar-refractivity contribution in [3.63, 3.8) is 0 Å². The van der Waals surface area contributed by atoms with E-state index in [-0.39, 0.29) is 5.41 Å². The second-order valence-electron chi connectivity index (χ2n) is 6.18. The molecule has 0 radical (unpaired) electrons. The van der Waals surface area contributed by atoms with Crippen LogP contribution in [0.25, 0.3) is 0 Å². The highest BCUT2D eigenvalue weighted by atomic mass is 16.5. The van der Waals surface area contributed by atoms with Crippen LogP contribution in [0.4, 0.5) is 0 Å². The predicted molar refractivity (Wildman–Crippen MR) is 66.4 cm³/mol. The van der Waals surface area contributed by atoms with E-state index in [0.717, 1.165) is 32.1 Å². The van der Waals surface area contributed by atoms with Crippen molar-refractivity contribution in [3.8, 4) is 0 Å². The Labute approximate surface area is 99.3 Å². The summed E-state index contributed by atoms with van der Waals surface area (Å²) in [6.07, 6.45) is 3.70. The fourth-order valence-corrected chi connectivity index (χ4v) is 2.85. The quantitative estimate of drug-likeness (QED) is 0.792. The van der Waals surface area contributed by atoms with Crippen molar-refractivity contribution >= 4 is 0 Å². The summed E-state index contributed by atoms with van der Waals surface area (Å²) in [7, 11) is 0. The average molecular weight is 226 g/mol. The van der Waals surface area contributed by atoms with E-state index in [1.165, 1.54) is 25.9 Å². The molecule has 2 heterocycles. The van der Waals surface area contributed by atoms with Gasteiger partial charge in [0.05, 0.1) is 0 Å². The van der Waals surface area contributed by atoms with Crippen LogP contribution in [0.2, 0.25) is 0 Å². The molecule has 2 aliphatic heterocycles. The number of nitrogens with zero attached hydrogens (tertiary/aromatic N) is 1. The van der Waals surface area contributed by atoms with Gasteiger partial charge in [-0.05, 0) is 43.7 Å². The minimum Gasteiger partial charge on any atom is -0.381 e. The Morgan fingerprint density at radius 3 is 2.81 bits per heavy atom. The van der Waals surface area contributed by atoms with Crippen LogP contribution in [-0.2, 0) is 4.74 Å². The van der Waals surface area contributed by atoms with Gasteiger partial charge in [0.15, 0.2) is 0 Å². The number of likely N-dealkylation sites (tertiary alicyclic amines) is 1. The highest BCUT2D eigenvalue weighted by Gasteiger charge is 2.33. The van der Waals surface area contributed by atoms with Crippen molar-refractivity contribution in [3.05, 3.63) is 0 Å². The molecule has 0 amide bonds. The molecular formula is C13H26N2O. The first-order valence-electron chi connectivity index (χ1n) is 6.63. The van der Waals surface area contributed by atoms with Gasteiger partial charge in [-0.15, -0.1) is 0 Å². The Bertz CT molecular complexity index is 224. The van der Waals surface area contributed by atoms with E-state index < -0.39 is 0 Å². The van der Waals surface area contributed by atoms with Gasteiger partial charge in [-0.3, -0.25) is 0 Å². The number of hydrogen-bond donors (Lipinski definition) is 1. The Balaban J connectivity index is 1.74. The van der Waals surface area contributed by atoms with Crippen molar-refractivity contribution in [1.82, 2.24) is 4.90 Å². The van der Waals surface area contributed by atoms with Gasteiger partial charge in [0, 0.05) is 25.8 Å².